The van der Waals surface area contributed by atoms with Gasteiger partial charge in [0.05, 0.1) is 14.2 Å². The first kappa shape index (κ1) is 26.0. The highest BCUT2D eigenvalue weighted by Crippen LogP contribution is 2.47. The molecular weight excluding hydrogens is 494 g/mol. The smallest absolute Gasteiger partial charge is 0.255 e. The van der Waals surface area contributed by atoms with Crippen LogP contribution < -0.4 is 20.1 Å². The molecule has 0 fully saturated rings. The summed E-state index contributed by atoms with van der Waals surface area (Å²) in [7, 11) is 3.09. The summed E-state index contributed by atoms with van der Waals surface area (Å²) in [6.07, 6.45) is 0.927. The van der Waals surface area contributed by atoms with Gasteiger partial charge in [-0.25, -0.2) is 4.98 Å². The van der Waals surface area contributed by atoms with E-state index in [1.807, 2.05) is 50.2 Å². The van der Waals surface area contributed by atoms with Crippen LogP contribution in [0, 0.1) is 6.92 Å². The fourth-order valence-electron chi connectivity index (χ4n) is 5.46. The number of nitrogens with one attached hydrogen (secondary N) is 2. The number of hydrogen-bond donors (Lipinski definition) is 3. The van der Waals surface area contributed by atoms with Gasteiger partial charge in [0.25, 0.3) is 5.91 Å². The van der Waals surface area contributed by atoms with Crippen molar-refractivity contribution in [2.24, 2.45) is 0 Å². The number of Topliss-reactive ketones (excluding diaryl/α,β-unsaturated/α-hetero) is 1. The number of benzene rings is 2. The number of nitrogens with zero attached hydrogens (tertiary/aromatic N) is 1. The molecule has 3 aromatic rings. The van der Waals surface area contributed by atoms with Crippen LogP contribution in [0.5, 0.6) is 17.2 Å². The van der Waals surface area contributed by atoms with Crippen molar-refractivity contribution in [3.63, 3.8) is 0 Å². The standard InChI is InChI=1S/C31H31N3O5/c1-17-6-5-7-27(32-17)34-31(37)28-18(2)33-23-14-21(19-8-11-22(38-3)12-9-19)15-25(36)30(23)29(28)20-10-13-24(35)26(16-20)39-4/h5-13,16,21,29,33,35H,14-15H2,1-4H3,(H,32,34,37). The highest BCUT2D eigenvalue weighted by Gasteiger charge is 2.41. The number of hydrogen-bond acceptors (Lipinski definition) is 7. The lowest BCUT2D eigenvalue weighted by atomic mass is 9.71. The molecule has 0 spiro atoms. The summed E-state index contributed by atoms with van der Waals surface area (Å²) in [5, 5.41) is 16.5. The van der Waals surface area contributed by atoms with E-state index < -0.39 is 5.92 Å². The van der Waals surface area contributed by atoms with E-state index in [4.69, 9.17) is 9.47 Å². The second kappa shape index (κ2) is 10.6. The highest BCUT2D eigenvalue weighted by atomic mass is 16.5. The van der Waals surface area contributed by atoms with E-state index in [1.54, 1.807) is 25.3 Å². The molecule has 5 rings (SSSR count). The van der Waals surface area contributed by atoms with Gasteiger partial charge < -0.3 is 25.2 Å². The number of aromatic nitrogens is 1. The third-order valence-corrected chi connectivity index (χ3v) is 7.33. The summed E-state index contributed by atoms with van der Waals surface area (Å²) in [6, 6.07) is 18.1. The molecule has 3 N–H and O–H groups in total. The number of aryl methyl sites for hydroxylation is 1. The van der Waals surface area contributed by atoms with Gasteiger partial charge in [0.1, 0.15) is 11.6 Å². The molecule has 200 valence electrons. The summed E-state index contributed by atoms with van der Waals surface area (Å²) in [5.41, 5.74) is 4.93. The van der Waals surface area contributed by atoms with Gasteiger partial charge in [-0.05, 0) is 73.7 Å². The van der Waals surface area contributed by atoms with Crippen molar-refractivity contribution < 1.29 is 24.2 Å². The summed E-state index contributed by atoms with van der Waals surface area (Å²) in [6.45, 7) is 3.69. The van der Waals surface area contributed by atoms with Crippen LogP contribution in [0.2, 0.25) is 0 Å². The van der Waals surface area contributed by atoms with Crippen LogP contribution in [0.3, 0.4) is 0 Å². The molecule has 1 aliphatic heterocycles. The molecule has 0 saturated heterocycles. The van der Waals surface area contributed by atoms with Crippen molar-refractivity contribution in [3.8, 4) is 17.2 Å². The van der Waals surface area contributed by atoms with Crippen molar-refractivity contribution in [1.82, 2.24) is 10.3 Å². The van der Waals surface area contributed by atoms with Crippen LogP contribution in [0.25, 0.3) is 0 Å². The zero-order valence-electron chi connectivity index (χ0n) is 22.4. The second-order valence-corrected chi connectivity index (χ2v) is 9.84. The monoisotopic (exact) mass is 525 g/mol. The Bertz CT molecular complexity index is 1510. The predicted octanol–water partition coefficient (Wildman–Crippen LogP) is 5.11. The number of pyridine rings is 1. The molecule has 39 heavy (non-hydrogen) atoms. The third-order valence-electron chi connectivity index (χ3n) is 7.33. The van der Waals surface area contributed by atoms with Gasteiger partial charge >= 0.3 is 0 Å². The zero-order chi connectivity index (χ0) is 27.7. The Morgan fingerprint density at radius 1 is 1.00 bits per heavy atom. The summed E-state index contributed by atoms with van der Waals surface area (Å²) in [5.74, 6) is 0.390. The molecule has 2 aromatic carbocycles. The van der Waals surface area contributed by atoms with Gasteiger partial charge in [0.2, 0.25) is 0 Å². The number of ether oxygens (including phenoxy) is 2. The number of methoxy groups -OCH3 is 2. The van der Waals surface area contributed by atoms with Crippen molar-refractivity contribution in [2.45, 2.75) is 38.5 Å². The number of anilines is 1. The van der Waals surface area contributed by atoms with Crippen molar-refractivity contribution in [2.75, 3.05) is 19.5 Å². The average molecular weight is 526 g/mol. The number of phenolic OH excluding ortho intramolecular Hbond substituents is 1. The Hall–Kier alpha value is -4.59. The van der Waals surface area contributed by atoms with Crippen LogP contribution in [-0.2, 0) is 9.59 Å². The van der Waals surface area contributed by atoms with Crippen molar-refractivity contribution in [1.29, 1.82) is 0 Å². The summed E-state index contributed by atoms with van der Waals surface area (Å²) >= 11 is 0. The number of phenols is 1. The Kier molecular flexibility index (Phi) is 7.11. The van der Waals surface area contributed by atoms with Crippen LogP contribution in [0.4, 0.5) is 5.82 Å². The first-order valence-corrected chi connectivity index (χ1v) is 12.8. The number of allylic oxidation sites excluding steroid dienone is 3. The van der Waals surface area contributed by atoms with Crippen LogP contribution >= 0.6 is 0 Å². The maximum Gasteiger partial charge on any atom is 0.255 e. The summed E-state index contributed by atoms with van der Waals surface area (Å²) < 4.78 is 10.6. The van der Waals surface area contributed by atoms with Gasteiger partial charge in [-0.3, -0.25) is 9.59 Å². The summed E-state index contributed by atoms with van der Waals surface area (Å²) in [4.78, 5) is 32.0. The minimum atomic E-state index is -0.648. The quantitative estimate of drug-likeness (QED) is 0.410. The number of amides is 1. The Morgan fingerprint density at radius 3 is 2.44 bits per heavy atom. The first-order chi connectivity index (χ1) is 18.8. The average Bonchev–Trinajstić information content (AvgIpc) is 2.92. The topological polar surface area (TPSA) is 110 Å². The van der Waals surface area contributed by atoms with Gasteiger partial charge in [-0.1, -0.05) is 24.3 Å². The Balaban J connectivity index is 1.57. The lowest BCUT2D eigenvalue weighted by Gasteiger charge is -2.37. The van der Waals surface area contributed by atoms with Crippen molar-refractivity contribution >= 4 is 17.5 Å². The maximum atomic E-state index is 13.8. The van der Waals surface area contributed by atoms with Crippen LogP contribution in [0.1, 0.15) is 48.4 Å². The molecule has 2 unspecified atom stereocenters. The first-order valence-electron chi connectivity index (χ1n) is 12.8. The third kappa shape index (κ3) is 5.10. The minimum Gasteiger partial charge on any atom is -0.504 e. The molecule has 2 atom stereocenters. The van der Waals surface area contributed by atoms with Gasteiger partial charge in [0, 0.05) is 40.6 Å². The molecule has 2 heterocycles. The van der Waals surface area contributed by atoms with E-state index in [0.717, 1.165) is 22.7 Å². The number of ketones is 1. The number of rotatable bonds is 6. The number of dihydropyridines is 1. The number of carbonyl (C=O) groups excluding carboxylic acids is 2. The predicted molar refractivity (Wildman–Crippen MR) is 148 cm³/mol. The largest absolute Gasteiger partial charge is 0.504 e. The Morgan fingerprint density at radius 2 is 1.74 bits per heavy atom. The van der Waals surface area contributed by atoms with E-state index in [1.165, 1.54) is 13.2 Å². The molecule has 1 aromatic heterocycles. The van der Waals surface area contributed by atoms with E-state index in [-0.39, 0.29) is 29.1 Å². The SMILES string of the molecule is COc1ccc(C2CC(=O)C3=C(C2)NC(C)=C(C(=O)Nc2cccc(C)n2)C3c2ccc(O)c(OC)c2)cc1. The van der Waals surface area contributed by atoms with Crippen LogP contribution in [-0.4, -0.2) is 36.0 Å². The highest BCUT2D eigenvalue weighted by molar-refractivity contribution is 6.09. The van der Waals surface area contributed by atoms with E-state index in [2.05, 4.69) is 15.6 Å². The lowest BCUT2D eigenvalue weighted by molar-refractivity contribution is -0.116. The molecule has 0 bridgehead atoms. The molecule has 8 heteroatoms. The number of carbonyl (C=O) groups is 2. The molecule has 2 aliphatic rings. The van der Waals surface area contributed by atoms with Gasteiger partial charge in [0.15, 0.2) is 17.3 Å². The molecule has 0 saturated carbocycles. The fourth-order valence-corrected chi connectivity index (χ4v) is 5.46. The molecule has 1 aliphatic carbocycles. The zero-order valence-corrected chi connectivity index (χ0v) is 22.4. The van der Waals surface area contributed by atoms with Crippen LogP contribution in [0.15, 0.2) is 83.2 Å². The second-order valence-electron chi connectivity index (χ2n) is 9.84. The minimum absolute atomic E-state index is 0.00988. The van der Waals surface area contributed by atoms with Gasteiger partial charge in [-0.15, -0.1) is 0 Å². The Labute approximate surface area is 227 Å². The van der Waals surface area contributed by atoms with Crippen molar-refractivity contribution in [3.05, 3.63) is 100 Å². The van der Waals surface area contributed by atoms with E-state index in [9.17, 15) is 14.7 Å². The molecule has 1 amide bonds. The lowest BCUT2D eigenvalue weighted by Crippen LogP contribution is -2.37. The molecule has 8 nitrogen and oxygen atoms in total. The normalized spacial score (nSPS) is 18.8. The van der Waals surface area contributed by atoms with E-state index >= 15 is 0 Å². The number of aromatic hydroxyl groups is 1. The molecular formula is C31H31N3O5. The van der Waals surface area contributed by atoms with Gasteiger partial charge in [-0.2, -0.15) is 0 Å². The maximum absolute atomic E-state index is 13.8. The fraction of sp³-hybridized carbons (Fsp3) is 0.258. The van der Waals surface area contributed by atoms with E-state index in [0.29, 0.717) is 41.1 Å². The molecule has 0 radical (unpaired) electrons.